The Kier molecular flexibility index (Phi) is 18.0. The minimum Gasteiger partial charge on any atom is -0.571 e. The van der Waals surface area contributed by atoms with Crippen LogP contribution in [0, 0.1) is 0 Å². The maximum atomic E-state index is 12.9. The quantitative estimate of drug-likeness (QED) is 0.0360. The van der Waals surface area contributed by atoms with Gasteiger partial charge in [0.05, 0.1) is 31.5 Å². The minimum absolute atomic E-state index is 0.0722. The molecule has 1 unspecified atom stereocenters. The van der Waals surface area contributed by atoms with Crippen LogP contribution in [-0.2, 0) is 33.2 Å². The number of phenolic OH excluding ortho intramolecular Hbond substituents is 3. The topological polar surface area (TPSA) is 477 Å². The summed E-state index contributed by atoms with van der Waals surface area (Å²) in [5.74, 6) is -4.73. The third-order valence-corrected chi connectivity index (χ3v) is 13.2. The van der Waals surface area contributed by atoms with E-state index in [1.165, 1.54) is 36.4 Å². The zero-order chi connectivity index (χ0) is 55.7. The number of rotatable bonds is 16. The summed E-state index contributed by atoms with van der Waals surface area (Å²) in [6.45, 7) is -3.21. The lowest BCUT2D eigenvalue weighted by Gasteiger charge is -2.41. The Labute approximate surface area is 434 Å². The van der Waals surface area contributed by atoms with Crippen LogP contribution < -0.4 is 14.2 Å². The number of ether oxygens (including phenoxy) is 10. The van der Waals surface area contributed by atoms with Gasteiger partial charge < -0.3 is 139 Å². The molecule has 3 aromatic rings. The van der Waals surface area contributed by atoms with E-state index >= 15 is 0 Å². The fourth-order valence-electron chi connectivity index (χ4n) is 8.76. The average Bonchev–Trinajstić information content (AvgIpc) is 3.42. The van der Waals surface area contributed by atoms with Crippen LogP contribution in [0.3, 0.4) is 0 Å². The first kappa shape index (κ1) is 57.4. The van der Waals surface area contributed by atoms with E-state index in [0.717, 1.165) is 30.3 Å². The minimum atomic E-state index is -2.13. The molecule has 4 saturated heterocycles. The van der Waals surface area contributed by atoms with Crippen LogP contribution in [0.2, 0.25) is 0 Å². The maximum Gasteiger partial charge on any atom is 0.330 e. The van der Waals surface area contributed by atoms with Crippen molar-refractivity contribution in [2.24, 2.45) is 0 Å². The largest absolute Gasteiger partial charge is 0.571 e. The lowest BCUT2D eigenvalue weighted by molar-refractivity contribution is -0.295. The van der Waals surface area contributed by atoms with Crippen LogP contribution in [0.25, 0.3) is 12.2 Å². The Morgan fingerprint density at radius 2 is 0.974 bits per heavy atom. The lowest BCUT2D eigenvalue weighted by Crippen LogP contribution is -2.60. The molecule has 0 aliphatic carbocycles. The number of fused-ring (bicyclic) bond motifs is 1. The fourth-order valence-corrected chi connectivity index (χ4v) is 8.76. The number of carbonyl (C=O) groups excluding carboxylic acids is 1. The van der Waals surface area contributed by atoms with Crippen molar-refractivity contribution in [3.05, 3.63) is 77.1 Å². The van der Waals surface area contributed by atoms with Crippen LogP contribution in [0.15, 0.2) is 60.4 Å². The molecule has 0 radical (unpaired) electrons. The van der Waals surface area contributed by atoms with Crippen LogP contribution >= 0.6 is 0 Å². The standard InChI is InChI=1S/C48H58O29/c49-12-26-32(56)36(60)40(64)45(74-26)69-19-4-1-16(2-5-19)3-6-30(54)68-15-29-35(59)39(63)43(67)47(77-29)72-24-8-17(7-23(31(24)55)71-46-41(65)37(61)33(57)27(13-50)75-46)44-25(11-20-21(53)9-18(52)10-22(20)70-44)73-48-42(66)38(62)34(58)28(14-51)76-48/h1-11,26-29,32-53,55-67H,12-15H2/p+1/b6-3+/t26-,27-,28-,29-,32-,33-,34-,35-,36+,37+,38+,39+,40-,41+,42-,43-,44?,45-,46-,47-,48-/m1/s1. The summed E-state index contributed by atoms with van der Waals surface area (Å²) >= 11 is 0. The Balaban J connectivity index is 1.04. The molecule has 3 aromatic carbocycles. The Bertz CT molecular complexity index is 2560. The molecule has 19 N–H and O–H groups in total. The summed E-state index contributed by atoms with van der Waals surface area (Å²) < 4.78 is 55.3. The number of phenols is 3. The lowest BCUT2D eigenvalue weighted by atomic mass is 9.98. The Hall–Kier alpha value is -5.75. The van der Waals surface area contributed by atoms with Crippen molar-refractivity contribution in [3.63, 3.8) is 0 Å². The van der Waals surface area contributed by atoms with Crippen molar-refractivity contribution in [1.29, 1.82) is 0 Å². The molecule has 0 bridgehead atoms. The maximum absolute atomic E-state index is 12.9. The smallest absolute Gasteiger partial charge is 0.330 e. The van der Waals surface area contributed by atoms with E-state index in [1.807, 2.05) is 0 Å². The Morgan fingerprint density at radius 3 is 1.45 bits per heavy atom. The van der Waals surface area contributed by atoms with Gasteiger partial charge in [-0.2, -0.15) is 0 Å². The Morgan fingerprint density at radius 1 is 0.532 bits per heavy atom. The molecule has 424 valence electrons. The van der Waals surface area contributed by atoms with Crippen molar-refractivity contribution in [1.82, 2.24) is 0 Å². The van der Waals surface area contributed by atoms with Crippen molar-refractivity contribution in [3.8, 4) is 40.2 Å². The molecule has 4 fully saturated rings. The summed E-state index contributed by atoms with van der Waals surface area (Å²) in [7, 11) is 0. The SMILES string of the molecule is O=C(/C=C/c1ccc(O[C@@H]2O[C@H](CO)[C@@H](O)[C@H](O)[C@H]2O)cc1)OC[C@H]1O[C@@H](Oc2cc(C3[OH+]c4cc(O)cc(O)c4C=C3O[C@@H]3O[C@H](CO)[C@@H](O)[C@H](O)[C@H]3O)cc(O[C@@H]3O[C@H](CO)[C@@H](O)[C@H](O)[C@@H]3O)c2O)[C@H](O)[C@@H](O)[C@@H]1O. The number of hydrogen-bond acceptors (Lipinski definition) is 28. The first-order valence-electron chi connectivity index (χ1n) is 23.7. The second-order valence-electron chi connectivity index (χ2n) is 18.5. The highest BCUT2D eigenvalue weighted by Crippen LogP contribution is 2.49. The number of benzene rings is 3. The molecule has 29 heteroatoms. The second kappa shape index (κ2) is 24.1. The molecule has 8 rings (SSSR count). The fraction of sp³-hybridized carbons (Fsp3) is 0.521. The molecule has 21 atom stereocenters. The van der Waals surface area contributed by atoms with E-state index in [-0.39, 0.29) is 28.4 Å². The first-order valence-corrected chi connectivity index (χ1v) is 23.7. The first-order chi connectivity index (χ1) is 36.6. The van der Waals surface area contributed by atoms with Crippen molar-refractivity contribution < 1.29 is 144 Å². The third kappa shape index (κ3) is 12.1. The highest BCUT2D eigenvalue weighted by molar-refractivity contribution is 5.87. The van der Waals surface area contributed by atoms with E-state index in [9.17, 15) is 96.7 Å². The van der Waals surface area contributed by atoms with Gasteiger partial charge in [-0.25, -0.2) is 4.79 Å². The summed E-state index contributed by atoms with van der Waals surface area (Å²) in [4.78, 5) is 12.9. The van der Waals surface area contributed by atoms with Crippen molar-refractivity contribution in [2.45, 2.75) is 129 Å². The number of aliphatic hydroxyl groups excluding tert-OH is 15. The monoisotopic (exact) mass is 1100 g/mol. The van der Waals surface area contributed by atoms with Crippen LogP contribution in [-0.4, -0.2) is 252 Å². The van der Waals surface area contributed by atoms with Gasteiger partial charge in [-0.1, -0.05) is 12.1 Å². The molecule has 0 aromatic heterocycles. The van der Waals surface area contributed by atoms with Gasteiger partial charge in [0.1, 0.15) is 127 Å². The van der Waals surface area contributed by atoms with E-state index in [0.29, 0.717) is 5.56 Å². The summed E-state index contributed by atoms with van der Waals surface area (Å²) in [6.07, 6.45) is -34.0. The van der Waals surface area contributed by atoms with E-state index in [2.05, 4.69) is 4.74 Å². The molecule has 29 nitrogen and oxygen atoms in total. The third-order valence-electron chi connectivity index (χ3n) is 13.2. The van der Waals surface area contributed by atoms with Gasteiger partial charge >= 0.3 is 5.97 Å². The predicted octanol–water partition coefficient (Wildman–Crippen LogP) is -6.24. The van der Waals surface area contributed by atoms with Gasteiger partial charge in [0.2, 0.25) is 30.9 Å². The molecular weight excluding hydrogens is 1040 g/mol. The summed E-state index contributed by atoms with van der Waals surface area (Å²) in [5.41, 5.74) is 0.156. The number of aliphatic hydroxyl groups is 16. The van der Waals surface area contributed by atoms with Gasteiger partial charge in [-0.15, -0.1) is 0 Å². The average molecular weight is 1100 g/mol. The molecule has 0 spiro atoms. The predicted molar refractivity (Wildman–Crippen MR) is 248 cm³/mol. The van der Waals surface area contributed by atoms with Crippen LogP contribution in [0.5, 0.6) is 40.2 Å². The number of carbonyl (C=O) groups is 1. The van der Waals surface area contributed by atoms with Crippen LogP contribution in [0.1, 0.15) is 22.8 Å². The van der Waals surface area contributed by atoms with Crippen molar-refractivity contribution >= 4 is 18.1 Å². The van der Waals surface area contributed by atoms with Gasteiger partial charge in [-0.05, 0) is 35.9 Å². The highest BCUT2D eigenvalue weighted by atomic mass is 16.7. The van der Waals surface area contributed by atoms with Crippen LogP contribution in [0.4, 0.5) is 0 Å². The number of esters is 1. The highest BCUT2D eigenvalue weighted by Gasteiger charge is 2.50. The van der Waals surface area contributed by atoms with Gasteiger partial charge in [0.15, 0.2) is 17.3 Å². The van der Waals surface area contributed by atoms with Gasteiger partial charge in [0, 0.05) is 18.2 Å². The summed E-state index contributed by atoms with van der Waals surface area (Å²) in [5, 5.41) is 189. The summed E-state index contributed by atoms with van der Waals surface area (Å²) in [6, 6.07) is 9.93. The molecular formula is C48H59O29+. The number of hydrogen-bond donors (Lipinski definition) is 18. The zero-order valence-electron chi connectivity index (χ0n) is 39.9. The van der Waals surface area contributed by atoms with E-state index in [1.54, 1.807) is 0 Å². The molecule has 77 heavy (non-hydrogen) atoms. The van der Waals surface area contributed by atoms with Crippen molar-refractivity contribution in [2.75, 3.05) is 26.4 Å². The molecule has 0 saturated carbocycles. The molecule has 5 aliphatic rings. The zero-order valence-corrected chi connectivity index (χ0v) is 39.9. The molecule has 0 amide bonds. The van der Waals surface area contributed by atoms with Gasteiger partial charge in [0.25, 0.3) is 11.9 Å². The van der Waals surface area contributed by atoms with E-state index < -0.39 is 190 Å². The number of aromatic hydroxyl groups is 4. The normalized spacial score (nSPS) is 37.2. The molecule has 5 heterocycles. The van der Waals surface area contributed by atoms with E-state index in [4.69, 9.17) is 42.6 Å². The second-order valence-corrected chi connectivity index (χ2v) is 18.5. The van der Waals surface area contributed by atoms with Gasteiger partial charge in [-0.3, -0.25) is 0 Å². The molecule has 5 aliphatic heterocycles.